The third-order valence-corrected chi connectivity index (χ3v) is 4.65. The summed E-state index contributed by atoms with van der Waals surface area (Å²) in [6.45, 7) is 1.35. The summed E-state index contributed by atoms with van der Waals surface area (Å²) in [7, 11) is 3.49. The van der Waals surface area contributed by atoms with Crippen LogP contribution in [0.15, 0.2) is 30.3 Å². The molecule has 7 heteroatoms. The quantitative estimate of drug-likeness (QED) is 0.803. The third kappa shape index (κ3) is 5.70. The van der Waals surface area contributed by atoms with Gasteiger partial charge in [-0.3, -0.25) is 9.69 Å². The zero-order chi connectivity index (χ0) is 16.8. The molecule has 0 bridgehead atoms. The van der Waals surface area contributed by atoms with Crippen molar-refractivity contribution in [1.29, 1.82) is 0 Å². The third-order valence-electron chi connectivity index (χ3n) is 3.18. The van der Waals surface area contributed by atoms with Crippen molar-refractivity contribution < 1.29 is 9.53 Å². The smallest absolute Gasteiger partial charge is 0.234 e. The van der Waals surface area contributed by atoms with Crippen molar-refractivity contribution in [2.24, 2.45) is 0 Å². The highest BCUT2D eigenvalue weighted by Gasteiger charge is 2.11. The van der Waals surface area contributed by atoms with Crippen molar-refractivity contribution >= 4 is 40.4 Å². The number of likely N-dealkylation sites (N-methyl/N-ethyl adjacent to an activating group) is 1. The van der Waals surface area contributed by atoms with Crippen molar-refractivity contribution in [3.63, 3.8) is 0 Å². The Hall–Kier alpha value is -1.27. The maximum absolute atomic E-state index is 12.0. The molecule has 124 valence electrons. The minimum Gasteiger partial charge on any atom is -0.496 e. The number of halogens is 2. The lowest BCUT2D eigenvalue weighted by Crippen LogP contribution is -2.34. The maximum Gasteiger partial charge on any atom is 0.234 e. The second-order valence-corrected chi connectivity index (χ2v) is 7.35. The molecule has 23 heavy (non-hydrogen) atoms. The first-order valence-electron chi connectivity index (χ1n) is 7.00. The lowest BCUT2D eigenvalue weighted by molar-refractivity contribution is -0.122. The molecule has 2 aromatic rings. The molecule has 0 saturated heterocycles. The topological polar surface area (TPSA) is 41.6 Å². The van der Waals surface area contributed by atoms with Crippen LogP contribution >= 0.6 is 34.5 Å². The van der Waals surface area contributed by atoms with Gasteiger partial charge in [0.15, 0.2) is 0 Å². The molecule has 0 unspecified atom stereocenters. The van der Waals surface area contributed by atoms with Crippen LogP contribution < -0.4 is 10.1 Å². The predicted molar refractivity (Wildman–Crippen MR) is 95.5 cm³/mol. The Bertz CT molecular complexity index is 676. The summed E-state index contributed by atoms with van der Waals surface area (Å²) >= 11 is 13.3. The average Bonchev–Trinajstić information content (AvgIpc) is 2.91. The first-order chi connectivity index (χ1) is 11.0. The molecule has 0 spiro atoms. The van der Waals surface area contributed by atoms with Crippen LogP contribution in [0, 0.1) is 0 Å². The van der Waals surface area contributed by atoms with E-state index in [-0.39, 0.29) is 12.5 Å². The molecule has 1 amide bonds. The standard InChI is InChI=1S/C16H18Cl2N2O2S/c1-20(9-11-7-12(17)3-5-14(11)22-2)10-16(21)19-8-13-4-6-15(18)23-13/h3-7H,8-10H2,1-2H3,(H,19,21). The monoisotopic (exact) mass is 372 g/mol. The lowest BCUT2D eigenvalue weighted by atomic mass is 10.2. The van der Waals surface area contributed by atoms with Crippen LogP contribution in [0.25, 0.3) is 0 Å². The van der Waals surface area contributed by atoms with Gasteiger partial charge < -0.3 is 10.1 Å². The number of nitrogens with zero attached hydrogens (tertiary/aromatic N) is 1. The van der Waals surface area contributed by atoms with Gasteiger partial charge in [0.2, 0.25) is 5.91 Å². The molecule has 0 saturated carbocycles. The van der Waals surface area contributed by atoms with Gasteiger partial charge in [-0.05, 0) is 37.4 Å². The molecular formula is C16H18Cl2N2O2S. The van der Waals surface area contributed by atoms with E-state index in [9.17, 15) is 4.79 Å². The van der Waals surface area contributed by atoms with Gasteiger partial charge in [0.1, 0.15) is 5.75 Å². The summed E-state index contributed by atoms with van der Waals surface area (Å²) in [6.07, 6.45) is 0. The van der Waals surface area contributed by atoms with Crippen LogP contribution in [0.1, 0.15) is 10.4 Å². The first-order valence-corrected chi connectivity index (χ1v) is 8.57. The highest BCUT2D eigenvalue weighted by atomic mass is 35.5. The van der Waals surface area contributed by atoms with E-state index >= 15 is 0 Å². The van der Waals surface area contributed by atoms with Crippen molar-refractivity contribution in [2.75, 3.05) is 20.7 Å². The first kappa shape index (κ1) is 18.1. The molecule has 1 aromatic carbocycles. The van der Waals surface area contributed by atoms with Gasteiger partial charge in [-0.15, -0.1) is 11.3 Å². The van der Waals surface area contributed by atoms with Crippen molar-refractivity contribution in [3.8, 4) is 5.75 Å². The summed E-state index contributed by atoms with van der Waals surface area (Å²) in [4.78, 5) is 14.9. The number of rotatable bonds is 7. The zero-order valence-electron chi connectivity index (χ0n) is 12.9. The number of ether oxygens (including phenoxy) is 1. The lowest BCUT2D eigenvalue weighted by Gasteiger charge is -2.18. The predicted octanol–water partition coefficient (Wildman–Crippen LogP) is 3.81. The minimum absolute atomic E-state index is 0.0435. The Morgan fingerprint density at radius 3 is 2.74 bits per heavy atom. The summed E-state index contributed by atoms with van der Waals surface area (Å²) in [6, 6.07) is 9.19. The number of hydrogen-bond donors (Lipinski definition) is 1. The van der Waals surface area contributed by atoms with Gasteiger partial charge in [-0.2, -0.15) is 0 Å². The second-order valence-electron chi connectivity index (χ2n) is 5.11. The van der Waals surface area contributed by atoms with Crippen LogP contribution in [-0.4, -0.2) is 31.5 Å². The molecule has 1 N–H and O–H groups in total. The van der Waals surface area contributed by atoms with Crippen LogP contribution in [0.2, 0.25) is 9.36 Å². The van der Waals surface area contributed by atoms with Crippen LogP contribution in [0.3, 0.4) is 0 Å². The highest BCUT2D eigenvalue weighted by Crippen LogP contribution is 2.24. The van der Waals surface area contributed by atoms with E-state index in [1.165, 1.54) is 11.3 Å². The number of thiophene rings is 1. The molecule has 0 aliphatic carbocycles. The van der Waals surface area contributed by atoms with E-state index in [4.69, 9.17) is 27.9 Å². The number of amides is 1. The van der Waals surface area contributed by atoms with Gasteiger partial charge in [0.05, 0.1) is 24.5 Å². The Morgan fingerprint density at radius 1 is 1.30 bits per heavy atom. The molecule has 0 atom stereocenters. The van der Waals surface area contributed by atoms with Crippen LogP contribution in [-0.2, 0) is 17.9 Å². The van der Waals surface area contributed by atoms with Crippen LogP contribution in [0.5, 0.6) is 5.75 Å². The molecule has 1 heterocycles. The van der Waals surface area contributed by atoms with Gasteiger partial charge in [0, 0.05) is 22.0 Å². The van der Waals surface area contributed by atoms with Gasteiger partial charge in [0.25, 0.3) is 0 Å². The van der Waals surface area contributed by atoms with E-state index in [2.05, 4.69) is 5.32 Å². The summed E-state index contributed by atoms with van der Waals surface area (Å²) in [5.41, 5.74) is 0.945. The maximum atomic E-state index is 12.0. The number of hydrogen-bond acceptors (Lipinski definition) is 4. The van der Waals surface area contributed by atoms with Gasteiger partial charge >= 0.3 is 0 Å². The summed E-state index contributed by atoms with van der Waals surface area (Å²) < 4.78 is 6.04. The largest absolute Gasteiger partial charge is 0.496 e. The molecule has 0 fully saturated rings. The fourth-order valence-corrected chi connectivity index (χ4v) is 3.37. The summed E-state index contributed by atoms with van der Waals surface area (Å²) in [5, 5.41) is 3.53. The molecule has 1 aromatic heterocycles. The van der Waals surface area contributed by atoms with Crippen molar-refractivity contribution in [1.82, 2.24) is 10.2 Å². The molecule has 0 aliphatic rings. The number of methoxy groups -OCH3 is 1. The molecule has 0 radical (unpaired) electrons. The van der Waals surface area contributed by atoms with Gasteiger partial charge in [-0.25, -0.2) is 0 Å². The summed E-state index contributed by atoms with van der Waals surface area (Å²) in [5.74, 6) is 0.716. The normalized spacial score (nSPS) is 10.8. The number of carbonyl (C=O) groups excluding carboxylic acids is 1. The van der Waals surface area contributed by atoms with E-state index < -0.39 is 0 Å². The van der Waals surface area contributed by atoms with E-state index in [1.807, 2.05) is 36.2 Å². The fraction of sp³-hybridized carbons (Fsp3) is 0.312. The minimum atomic E-state index is -0.0435. The highest BCUT2D eigenvalue weighted by molar-refractivity contribution is 7.16. The Balaban J connectivity index is 1.85. The van der Waals surface area contributed by atoms with Crippen molar-refractivity contribution in [2.45, 2.75) is 13.1 Å². The van der Waals surface area contributed by atoms with E-state index in [1.54, 1.807) is 13.2 Å². The molecule has 2 rings (SSSR count). The van der Waals surface area contributed by atoms with E-state index in [0.29, 0.717) is 18.1 Å². The van der Waals surface area contributed by atoms with E-state index in [0.717, 1.165) is 20.5 Å². The number of nitrogens with one attached hydrogen (secondary N) is 1. The molecule has 4 nitrogen and oxygen atoms in total. The fourth-order valence-electron chi connectivity index (χ4n) is 2.15. The second kappa shape index (κ2) is 8.55. The van der Waals surface area contributed by atoms with Crippen LogP contribution in [0.4, 0.5) is 0 Å². The molecular weight excluding hydrogens is 355 g/mol. The molecule has 0 aliphatic heterocycles. The number of carbonyl (C=O) groups is 1. The van der Waals surface area contributed by atoms with Gasteiger partial charge in [-0.1, -0.05) is 23.2 Å². The Labute approximate surface area is 150 Å². The SMILES string of the molecule is COc1ccc(Cl)cc1CN(C)CC(=O)NCc1ccc(Cl)s1. The number of benzene rings is 1. The Kier molecular flexibility index (Phi) is 6.72. The van der Waals surface area contributed by atoms with Crippen molar-refractivity contribution in [3.05, 3.63) is 50.1 Å². The zero-order valence-corrected chi connectivity index (χ0v) is 15.3. The Morgan fingerprint density at radius 2 is 2.09 bits per heavy atom. The average molecular weight is 373 g/mol.